The number of para-hydroxylation sites is 2. The summed E-state index contributed by atoms with van der Waals surface area (Å²) >= 11 is 2.53. The first-order valence-electron chi connectivity index (χ1n) is 11.7. The molecule has 2 aromatic carbocycles. The molecule has 38 heavy (non-hydrogen) atoms. The molecular formula is C28H24N4O4S2. The predicted octanol–water partition coefficient (Wildman–Crippen LogP) is 5.73. The van der Waals surface area contributed by atoms with Crippen LogP contribution in [-0.4, -0.2) is 43.5 Å². The summed E-state index contributed by atoms with van der Waals surface area (Å²) in [5, 5.41) is 13.9. The highest BCUT2D eigenvalue weighted by Gasteiger charge is 2.23. The molecule has 192 valence electrons. The predicted molar refractivity (Wildman–Crippen MR) is 153 cm³/mol. The summed E-state index contributed by atoms with van der Waals surface area (Å²) in [5.41, 5.74) is 4.02. The summed E-state index contributed by atoms with van der Waals surface area (Å²) in [6.45, 7) is 6.04. The number of aromatic amines is 1. The minimum Gasteiger partial charge on any atom is -0.510 e. The summed E-state index contributed by atoms with van der Waals surface area (Å²) in [7, 11) is 1.24. The fourth-order valence-corrected chi connectivity index (χ4v) is 5.96. The highest BCUT2D eigenvalue weighted by atomic mass is 32.2. The third-order valence-electron chi connectivity index (χ3n) is 5.98. The number of aliphatic hydroxyl groups excluding tert-OH is 1. The molecule has 0 unspecified atom stereocenters. The van der Waals surface area contributed by atoms with Gasteiger partial charge in [0.15, 0.2) is 5.16 Å². The minimum atomic E-state index is -0.727. The number of nitrogens with one attached hydrogen (secondary N) is 1. The summed E-state index contributed by atoms with van der Waals surface area (Å²) in [6.07, 6.45) is 1.63. The number of hydrogen-bond donors (Lipinski definition) is 2. The molecular weight excluding hydrogens is 520 g/mol. The molecule has 2 N–H and O–H groups in total. The van der Waals surface area contributed by atoms with Gasteiger partial charge >= 0.3 is 5.97 Å². The van der Waals surface area contributed by atoms with E-state index in [4.69, 9.17) is 9.72 Å². The van der Waals surface area contributed by atoms with Crippen LogP contribution in [0.1, 0.15) is 11.4 Å². The first-order valence-corrected chi connectivity index (χ1v) is 13.6. The van der Waals surface area contributed by atoms with Crippen LogP contribution >= 0.6 is 23.1 Å². The van der Waals surface area contributed by atoms with Crippen LogP contribution < -0.4 is 5.56 Å². The van der Waals surface area contributed by atoms with Crippen molar-refractivity contribution >= 4 is 55.9 Å². The molecule has 0 saturated carbocycles. The largest absolute Gasteiger partial charge is 0.510 e. The highest BCUT2D eigenvalue weighted by Crippen LogP contribution is 2.33. The van der Waals surface area contributed by atoms with Crippen LogP contribution in [0, 0.1) is 6.92 Å². The Bertz CT molecular complexity index is 1730. The Hall–Kier alpha value is -4.15. The smallest absolute Gasteiger partial charge is 0.345 e. The summed E-state index contributed by atoms with van der Waals surface area (Å²) < 4.78 is 6.44. The number of carbonyl (C=O) groups excluding carboxylic acids is 1. The van der Waals surface area contributed by atoms with E-state index in [1.54, 1.807) is 12.1 Å². The Labute approximate surface area is 226 Å². The summed E-state index contributed by atoms with van der Waals surface area (Å²) in [5.74, 6) is -0.807. The Balaban J connectivity index is 1.54. The summed E-state index contributed by atoms with van der Waals surface area (Å²) in [4.78, 5) is 39.1. The SMILES string of the molecule is C=CCn1c(SCC(O)=C(C(=O)OC)c2nc3ccccc3[nH]2)nc2scc(-c3ccc(C)cc3)c2c1=O. The van der Waals surface area contributed by atoms with Crippen LogP contribution in [-0.2, 0) is 16.1 Å². The van der Waals surface area contributed by atoms with E-state index in [-0.39, 0.29) is 35.0 Å². The van der Waals surface area contributed by atoms with Crippen LogP contribution in [0.25, 0.3) is 38.0 Å². The molecule has 5 aromatic rings. The first kappa shape index (κ1) is 25.5. The van der Waals surface area contributed by atoms with Crippen molar-refractivity contribution in [3.05, 3.63) is 94.1 Å². The third-order valence-corrected chi connectivity index (χ3v) is 7.84. The maximum Gasteiger partial charge on any atom is 0.345 e. The number of fused-ring (bicyclic) bond motifs is 2. The van der Waals surface area contributed by atoms with Crippen molar-refractivity contribution in [1.29, 1.82) is 0 Å². The van der Waals surface area contributed by atoms with Gasteiger partial charge in [0, 0.05) is 17.5 Å². The molecule has 3 aromatic heterocycles. The van der Waals surface area contributed by atoms with Gasteiger partial charge in [0.25, 0.3) is 5.56 Å². The van der Waals surface area contributed by atoms with E-state index in [2.05, 4.69) is 16.5 Å². The third kappa shape index (κ3) is 4.75. The number of aliphatic hydroxyl groups is 1. The number of esters is 1. The molecule has 0 atom stereocenters. The molecule has 5 rings (SSSR count). The number of thiophene rings is 1. The molecule has 8 nitrogen and oxygen atoms in total. The van der Waals surface area contributed by atoms with Gasteiger partial charge in [-0.15, -0.1) is 17.9 Å². The lowest BCUT2D eigenvalue weighted by molar-refractivity contribution is -0.133. The van der Waals surface area contributed by atoms with Crippen molar-refractivity contribution in [2.24, 2.45) is 0 Å². The number of allylic oxidation sites excluding steroid dienone is 1. The molecule has 0 saturated heterocycles. The average molecular weight is 545 g/mol. The molecule has 3 heterocycles. The lowest BCUT2D eigenvalue weighted by Gasteiger charge is -2.12. The lowest BCUT2D eigenvalue weighted by Crippen LogP contribution is -2.22. The van der Waals surface area contributed by atoms with Gasteiger partial charge in [0.2, 0.25) is 0 Å². The molecule has 0 radical (unpaired) electrons. The van der Waals surface area contributed by atoms with Crippen LogP contribution in [0.15, 0.2) is 82.3 Å². The van der Waals surface area contributed by atoms with Crippen molar-refractivity contribution in [3.8, 4) is 11.1 Å². The molecule has 0 aliphatic heterocycles. The number of hydrogen-bond acceptors (Lipinski definition) is 8. The normalized spacial score (nSPS) is 12.1. The van der Waals surface area contributed by atoms with Crippen molar-refractivity contribution in [3.63, 3.8) is 0 Å². The molecule has 10 heteroatoms. The van der Waals surface area contributed by atoms with E-state index >= 15 is 0 Å². The molecule has 0 aliphatic rings. The van der Waals surface area contributed by atoms with Gasteiger partial charge in [0.05, 0.1) is 29.3 Å². The molecule has 0 bridgehead atoms. The minimum absolute atomic E-state index is 0.0350. The van der Waals surface area contributed by atoms with Crippen molar-refractivity contribution < 1.29 is 14.6 Å². The molecule has 0 aliphatic carbocycles. The number of thioether (sulfide) groups is 1. The number of methoxy groups -OCH3 is 1. The maximum absolute atomic E-state index is 13.6. The topological polar surface area (TPSA) is 110 Å². The van der Waals surface area contributed by atoms with E-state index in [9.17, 15) is 14.7 Å². The van der Waals surface area contributed by atoms with E-state index in [1.165, 1.54) is 23.0 Å². The number of rotatable bonds is 8. The fourth-order valence-electron chi connectivity index (χ4n) is 4.08. The lowest BCUT2D eigenvalue weighted by atomic mass is 10.1. The van der Waals surface area contributed by atoms with E-state index in [0.717, 1.165) is 34.0 Å². The quantitative estimate of drug-likeness (QED) is 0.0641. The zero-order chi connectivity index (χ0) is 26.8. The number of aromatic nitrogens is 4. The monoisotopic (exact) mass is 544 g/mol. The molecule has 0 amide bonds. The van der Waals surface area contributed by atoms with E-state index in [0.29, 0.717) is 20.9 Å². The number of H-pyrrole nitrogens is 1. The number of benzene rings is 2. The Kier molecular flexibility index (Phi) is 7.17. The second-order valence-electron chi connectivity index (χ2n) is 8.50. The van der Waals surface area contributed by atoms with Gasteiger partial charge in [-0.3, -0.25) is 9.36 Å². The number of aryl methyl sites for hydroxylation is 1. The number of carbonyl (C=O) groups is 1. The number of ether oxygens (including phenoxy) is 1. The Morgan fingerprint density at radius 3 is 2.68 bits per heavy atom. The van der Waals surface area contributed by atoms with Gasteiger partial charge in [-0.25, -0.2) is 14.8 Å². The van der Waals surface area contributed by atoms with Gasteiger partial charge in [0.1, 0.15) is 22.0 Å². The van der Waals surface area contributed by atoms with E-state index < -0.39 is 5.97 Å². The zero-order valence-corrected chi connectivity index (χ0v) is 22.4. The van der Waals surface area contributed by atoms with Crippen LogP contribution in [0.3, 0.4) is 0 Å². The number of imidazole rings is 1. The van der Waals surface area contributed by atoms with Crippen LogP contribution in [0.5, 0.6) is 0 Å². The zero-order valence-electron chi connectivity index (χ0n) is 20.7. The molecule has 0 spiro atoms. The van der Waals surface area contributed by atoms with Gasteiger partial charge in [-0.1, -0.05) is 59.8 Å². The average Bonchev–Trinajstić information content (AvgIpc) is 3.54. The van der Waals surface area contributed by atoms with Gasteiger partial charge < -0.3 is 14.8 Å². The number of nitrogens with zero attached hydrogens (tertiary/aromatic N) is 3. The van der Waals surface area contributed by atoms with E-state index in [1.807, 2.05) is 54.8 Å². The Morgan fingerprint density at radius 2 is 1.97 bits per heavy atom. The second kappa shape index (κ2) is 10.7. The van der Waals surface area contributed by atoms with Gasteiger partial charge in [-0.2, -0.15) is 0 Å². The van der Waals surface area contributed by atoms with Gasteiger partial charge in [-0.05, 0) is 24.6 Å². The van der Waals surface area contributed by atoms with Crippen molar-refractivity contribution in [1.82, 2.24) is 19.5 Å². The Morgan fingerprint density at radius 1 is 1.21 bits per heavy atom. The van der Waals surface area contributed by atoms with Crippen molar-refractivity contribution in [2.75, 3.05) is 12.9 Å². The maximum atomic E-state index is 13.6. The summed E-state index contributed by atoms with van der Waals surface area (Å²) in [6, 6.07) is 15.3. The molecule has 0 fully saturated rings. The fraction of sp³-hybridized carbons (Fsp3) is 0.143. The van der Waals surface area contributed by atoms with Crippen LogP contribution in [0.2, 0.25) is 0 Å². The highest BCUT2D eigenvalue weighted by molar-refractivity contribution is 7.99. The first-order chi connectivity index (χ1) is 18.4. The second-order valence-corrected chi connectivity index (χ2v) is 10.3. The standard InChI is InChI=1S/C28H24N4O4S2/c1-4-13-32-26(34)22-18(17-11-9-16(2)10-12-17)14-37-25(22)31-28(32)38-15-21(33)23(27(35)36-3)24-29-19-7-5-6-8-20(19)30-24/h4-12,14,33H,1,13,15H2,2-3H3,(H,29,30). The van der Waals surface area contributed by atoms with Crippen molar-refractivity contribution in [2.45, 2.75) is 18.6 Å². The van der Waals surface area contributed by atoms with Crippen LogP contribution in [0.4, 0.5) is 0 Å².